The zero-order valence-electron chi connectivity index (χ0n) is 8.97. The van der Waals surface area contributed by atoms with Crippen LogP contribution in [0.5, 0.6) is 0 Å². The van der Waals surface area contributed by atoms with Gasteiger partial charge in [-0.2, -0.15) is 0 Å². The van der Waals surface area contributed by atoms with E-state index in [-0.39, 0.29) is 10.5 Å². The summed E-state index contributed by atoms with van der Waals surface area (Å²) < 4.78 is 24.9. The van der Waals surface area contributed by atoms with Crippen LogP contribution in [0.1, 0.15) is 24.2 Å². The van der Waals surface area contributed by atoms with Gasteiger partial charge < -0.3 is 5.73 Å². The first-order valence-electron chi connectivity index (χ1n) is 4.74. The number of hydrogen-bond acceptors (Lipinski definition) is 4. The second-order valence-electron chi connectivity index (χ2n) is 4.22. The van der Waals surface area contributed by atoms with Crippen LogP contribution in [0.4, 0.5) is 0 Å². The van der Waals surface area contributed by atoms with Crippen LogP contribution in [0.25, 0.3) is 0 Å². The summed E-state index contributed by atoms with van der Waals surface area (Å²) in [6.45, 7) is 2.96. The molecular formula is C10H12N2O3S. The molecule has 1 aromatic rings. The predicted molar refractivity (Wildman–Crippen MR) is 58.1 cm³/mol. The molecule has 1 amide bonds. The Bertz CT molecular complexity index is 558. The Morgan fingerprint density at radius 1 is 1.25 bits per heavy atom. The third-order valence-corrected chi connectivity index (χ3v) is 4.37. The van der Waals surface area contributed by atoms with E-state index >= 15 is 0 Å². The second-order valence-corrected chi connectivity index (χ2v) is 5.98. The fourth-order valence-corrected chi connectivity index (χ4v) is 3.57. The minimum absolute atomic E-state index is 0.0264. The number of sulfonamides is 1. The number of rotatable bonds is 1. The lowest BCUT2D eigenvalue weighted by Gasteiger charge is -2.29. The van der Waals surface area contributed by atoms with Crippen molar-refractivity contribution in [2.45, 2.75) is 24.4 Å². The third-order valence-electron chi connectivity index (χ3n) is 2.34. The minimum atomic E-state index is -3.79. The maximum atomic E-state index is 12.1. The predicted octanol–water partition coefficient (Wildman–Crippen LogP) is 0.526. The molecule has 0 fully saturated rings. The fourth-order valence-electron chi connectivity index (χ4n) is 1.76. The average Bonchev–Trinajstić information content (AvgIpc) is 2.34. The van der Waals surface area contributed by atoms with E-state index < -0.39 is 21.6 Å². The number of fused-ring (bicyclic) bond motifs is 1. The summed E-state index contributed by atoms with van der Waals surface area (Å²) >= 11 is 0. The van der Waals surface area contributed by atoms with Crippen molar-refractivity contribution < 1.29 is 13.2 Å². The second kappa shape index (κ2) is 3.05. The van der Waals surface area contributed by atoms with E-state index in [1.807, 2.05) is 0 Å². The van der Waals surface area contributed by atoms with Crippen LogP contribution in [0.2, 0.25) is 0 Å². The van der Waals surface area contributed by atoms with Crippen LogP contribution in [-0.4, -0.2) is 24.3 Å². The van der Waals surface area contributed by atoms with Gasteiger partial charge in [0.2, 0.25) is 0 Å². The number of carbonyl (C=O) groups is 1. The highest BCUT2D eigenvalue weighted by atomic mass is 32.2. The van der Waals surface area contributed by atoms with Gasteiger partial charge in [0.25, 0.3) is 15.9 Å². The molecule has 0 saturated heterocycles. The first kappa shape index (κ1) is 11.1. The van der Waals surface area contributed by atoms with Crippen LogP contribution in [0.15, 0.2) is 29.2 Å². The molecule has 1 heterocycles. The molecule has 0 atom stereocenters. The molecule has 5 nitrogen and oxygen atoms in total. The first-order chi connectivity index (χ1) is 7.26. The Morgan fingerprint density at radius 2 is 1.81 bits per heavy atom. The van der Waals surface area contributed by atoms with Crippen LogP contribution in [0, 0.1) is 0 Å². The lowest BCUT2D eigenvalue weighted by atomic mass is 10.2. The number of amides is 1. The zero-order chi connectivity index (χ0) is 12.1. The summed E-state index contributed by atoms with van der Waals surface area (Å²) in [6.07, 6.45) is 0. The quantitative estimate of drug-likeness (QED) is 0.776. The molecule has 0 saturated carbocycles. The normalized spacial score (nSPS) is 18.7. The molecule has 6 heteroatoms. The Hall–Kier alpha value is -1.40. The van der Waals surface area contributed by atoms with Gasteiger partial charge in [0.1, 0.15) is 10.6 Å². The van der Waals surface area contributed by atoms with Crippen molar-refractivity contribution in [1.29, 1.82) is 0 Å². The Morgan fingerprint density at radius 3 is 2.31 bits per heavy atom. The van der Waals surface area contributed by atoms with E-state index in [9.17, 15) is 13.2 Å². The van der Waals surface area contributed by atoms with Gasteiger partial charge in [0, 0.05) is 0 Å². The number of hydrogen-bond donors (Lipinski definition) is 1. The van der Waals surface area contributed by atoms with Crippen LogP contribution < -0.4 is 5.73 Å². The highest BCUT2D eigenvalue weighted by Gasteiger charge is 2.46. The summed E-state index contributed by atoms with van der Waals surface area (Å²) in [6, 6.07) is 6.10. The number of benzene rings is 1. The van der Waals surface area contributed by atoms with Gasteiger partial charge in [-0.15, -0.1) is 0 Å². The monoisotopic (exact) mass is 240 g/mol. The lowest BCUT2D eigenvalue weighted by molar-refractivity contribution is 0.0777. The van der Waals surface area contributed by atoms with Crippen molar-refractivity contribution in [2.24, 2.45) is 5.73 Å². The largest absolute Gasteiger partial charge is 0.308 e. The van der Waals surface area contributed by atoms with Crippen LogP contribution in [-0.2, 0) is 10.0 Å². The van der Waals surface area contributed by atoms with Gasteiger partial charge in [-0.25, -0.2) is 12.7 Å². The first-order valence-corrected chi connectivity index (χ1v) is 6.18. The third kappa shape index (κ3) is 1.34. The highest BCUT2D eigenvalue weighted by molar-refractivity contribution is 7.90. The summed E-state index contributed by atoms with van der Waals surface area (Å²) in [5.74, 6) is -0.567. The molecule has 1 aliphatic heterocycles. The zero-order valence-corrected chi connectivity index (χ0v) is 9.78. The van der Waals surface area contributed by atoms with Gasteiger partial charge >= 0.3 is 0 Å². The molecule has 0 bridgehead atoms. The minimum Gasteiger partial charge on any atom is -0.308 e. The average molecular weight is 240 g/mol. The summed E-state index contributed by atoms with van der Waals surface area (Å²) in [4.78, 5) is 12.0. The van der Waals surface area contributed by atoms with E-state index in [1.165, 1.54) is 26.0 Å². The van der Waals surface area contributed by atoms with E-state index in [0.717, 1.165) is 4.31 Å². The molecule has 86 valence electrons. The number of nitrogens with two attached hydrogens (primary N) is 1. The van der Waals surface area contributed by atoms with Crippen LogP contribution >= 0.6 is 0 Å². The van der Waals surface area contributed by atoms with E-state index in [4.69, 9.17) is 5.73 Å². The fraction of sp³-hybridized carbons (Fsp3) is 0.300. The molecule has 0 aromatic heterocycles. The van der Waals surface area contributed by atoms with Crippen molar-refractivity contribution in [2.75, 3.05) is 0 Å². The maximum Gasteiger partial charge on any atom is 0.270 e. The Kier molecular flexibility index (Phi) is 2.12. The van der Waals surface area contributed by atoms with Gasteiger partial charge in [-0.05, 0) is 26.0 Å². The van der Waals surface area contributed by atoms with Crippen LogP contribution in [0.3, 0.4) is 0 Å². The lowest BCUT2D eigenvalue weighted by Crippen LogP contribution is -2.53. The molecule has 1 aromatic carbocycles. The van der Waals surface area contributed by atoms with Gasteiger partial charge in [0.15, 0.2) is 0 Å². The maximum absolute atomic E-state index is 12.1. The van der Waals surface area contributed by atoms with Crippen molar-refractivity contribution in [1.82, 2.24) is 4.31 Å². The van der Waals surface area contributed by atoms with Crippen molar-refractivity contribution in [3.05, 3.63) is 29.8 Å². The van der Waals surface area contributed by atoms with Crippen molar-refractivity contribution in [3.8, 4) is 0 Å². The van der Waals surface area contributed by atoms with E-state index in [1.54, 1.807) is 12.1 Å². The van der Waals surface area contributed by atoms with E-state index in [2.05, 4.69) is 0 Å². The van der Waals surface area contributed by atoms with E-state index in [0.29, 0.717) is 0 Å². The number of carbonyl (C=O) groups excluding carboxylic acids is 1. The molecule has 0 unspecified atom stereocenters. The molecule has 0 aliphatic carbocycles. The molecule has 1 aliphatic rings. The smallest absolute Gasteiger partial charge is 0.270 e. The van der Waals surface area contributed by atoms with Crippen molar-refractivity contribution in [3.63, 3.8) is 0 Å². The standard InChI is InChI=1S/C10H12N2O3S/c1-10(2,11)12-9(13)7-5-3-4-6-8(7)16(12,14)15/h3-6H,11H2,1-2H3. The Labute approximate surface area is 93.9 Å². The van der Waals surface area contributed by atoms with Gasteiger partial charge in [-0.3, -0.25) is 4.79 Å². The Balaban J connectivity index is 2.73. The highest BCUT2D eigenvalue weighted by Crippen LogP contribution is 2.33. The molecular weight excluding hydrogens is 228 g/mol. The summed E-state index contributed by atoms with van der Waals surface area (Å²) in [7, 11) is -3.79. The molecule has 2 N–H and O–H groups in total. The molecule has 0 spiro atoms. The molecule has 2 rings (SSSR count). The molecule has 16 heavy (non-hydrogen) atoms. The van der Waals surface area contributed by atoms with Gasteiger partial charge in [-0.1, -0.05) is 12.1 Å². The topological polar surface area (TPSA) is 80.5 Å². The molecule has 0 radical (unpaired) electrons. The van der Waals surface area contributed by atoms with Crippen molar-refractivity contribution >= 4 is 15.9 Å². The summed E-state index contributed by atoms with van der Waals surface area (Å²) in [5, 5.41) is 0. The number of nitrogens with zero attached hydrogens (tertiary/aromatic N) is 1. The summed E-state index contributed by atoms with van der Waals surface area (Å²) in [5.41, 5.74) is 4.65. The van der Waals surface area contributed by atoms with Gasteiger partial charge in [0.05, 0.1) is 5.56 Å². The SMILES string of the molecule is CC(C)(N)N1C(=O)c2ccccc2S1(=O)=O.